The second-order valence-corrected chi connectivity index (χ2v) is 4.83. The Hall–Kier alpha value is -0.650. The molecule has 1 rings (SSSR count). The molecule has 3 N–H and O–H groups in total. The lowest BCUT2D eigenvalue weighted by molar-refractivity contribution is -0.127. The molecular weight excluding hydrogens is 208 g/mol. The Labute approximate surface area is 96.7 Å². The Morgan fingerprint density at radius 3 is 2.81 bits per heavy atom. The van der Waals surface area contributed by atoms with E-state index in [9.17, 15) is 4.79 Å². The standard InChI is InChI=1S/C11H22N2O3/c1-4-16-10(2,3)7-13-9(14)11(12)5-6-15-8-11/h4-8,12H2,1-3H3,(H,13,14). The van der Waals surface area contributed by atoms with Crippen LogP contribution < -0.4 is 11.1 Å². The van der Waals surface area contributed by atoms with Gasteiger partial charge in [0.05, 0.1) is 12.2 Å². The SMILES string of the molecule is CCOC(C)(C)CNC(=O)C1(N)CCOC1. The summed E-state index contributed by atoms with van der Waals surface area (Å²) < 4.78 is 10.6. The first-order valence-corrected chi connectivity index (χ1v) is 5.68. The van der Waals surface area contributed by atoms with E-state index in [4.69, 9.17) is 15.2 Å². The highest BCUT2D eigenvalue weighted by atomic mass is 16.5. The van der Waals surface area contributed by atoms with Crippen molar-refractivity contribution in [3.63, 3.8) is 0 Å². The van der Waals surface area contributed by atoms with Crippen LogP contribution in [0.15, 0.2) is 0 Å². The van der Waals surface area contributed by atoms with E-state index in [2.05, 4.69) is 5.32 Å². The van der Waals surface area contributed by atoms with Crippen LogP contribution in [0.1, 0.15) is 27.2 Å². The molecule has 1 aliphatic rings. The minimum absolute atomic E-state index is 0.155. The molecule has 5 heteroatoms. The van der Waals surface area contributed by atoms with Crippen LogP contribution in [0, 0.1) is 0 Å². The number of ether oxygens (including phenoxy) is 2. The van der Waals surface area contributed by atoms with Crippen molar-refractivity contribution in [2.45, 2.75) is 38.3 Å². The maximum atomic E-state index is 11.8. The van der Waals surface area contributed by atoms with Gasteiger partial charge in [-0.3, -0.25) is 4.79 Å². The summed E-state index contributed by atoms with van der Waals surface area (Å²) in [6, 6.07) is 0. The first-order valence-electron chi connectivity index (χ1n) is 5.68. The predicted molar refractivity (Wildman–Crippen MR) is 61.1 cm³/mol. The second kappa shape index (κ2) is 5.12. The third-order valence-electron chi connectivity index (χ3n) is 2.71. The molecule has 0 spiro atoms. The van der Waals surface area contributed by atoms with Crippen LogP contribution in [-0.2, 0) is 14.3 Å². The van der Waals surface area contributed by atoms with Crippen molar-refractivity contribution >= 4 is 5.91 Å². The van der Waals surface area contributed by atoms with Gasteiger partial charge < -0.3 is 20.5 Å². The number of rotatable bonds is 5. The molecule has 0 aromatic rings. The van der Waals surface area contributed by atoms with E-state index in [-0.39, 0.29) is 11.5 Å². The molecule has 16 heavy (non-hydrogen) atoms. The van der Waals surface area contributed by atoms with Crippen LogP contribution in [-0.4, -0.2) is 43.4 Å². The topological polar surface area (TPSA) is 73.6 Å². The van der Waals surface area contributed by atoms with Gasteiger partial charge >= 0.3 is 0 Å². The number of amides is 1. The minimum atomic E-state index is -0.859. The van der Waals surface area contributed by atoms with E-state index < -0.39 is 5.54 Å². The Kier molecular flexibility index (Phi) is 4.29. The van der Waals surface area contributed by atoms with Crippen molar-refractivity contribution in [2.75, 3.05) is 26.4 Å². The maximum absolute atomic E-state index is 11.8. The van der Waals surface area contributed by atoms with Crippen LogP contribution in [0.3, 0.4) is 0 Å². The monoisotopic (exact) mass is 230 g/mol. The molecule has 0 radical (unpaired) electrons. The van der Waals surface area contributed by atoms with Crippen LogP contribution in [0.4, 0.5) is 0 Å². The minimum Gasteiger partial charge on any atom is -0.379 e. The van der Waals surface area contributed by atoms with Gasteiger partial charge in [0, 0.05) is 19.8 Å². The molecule has 0 aromatic heterocycles. The number of carbonyl (C=O) groups is 1. The fourth-order valence-electron chi connectivity index (χ4n) is 1.67. The van der Waals surface area contributed by atoms with Gasteiger partial charge in [0.1, 0.15) is 5.54 Å². The average Bonchev–Trinajstić information content (AvgIpc) is 2.63. The maximum Gasteiger partial charge on any atom is 0.242 e. The third-order valence-corrected chi connectivity index (χ3v) is 2.71. The zero-order chi connectivity index (χ0) is 12.2. The van der Waals surface area contributed by atoms with Crippen molar-refractivity contribution in [2.24, 2.45) is 5.73 Å². The molecule has 1 unspecified atom stereocenters. The molecule has 1 saturated heterocycles. The summed E-state index contributed by atoms with van der Waals surface area (Å²) in [4.78, 5) is 11.8. The van der Waals surface area contributed by atoms with E-state index in [0.29, 0.717) is 32.8 Å². The van der Waals surface area contributed by atoms with E-state index in [1.165, 1.54) is 0 Å². The van der Waals surface area contributed by atoms with Gasteiger partial charge in [-0.1, -0.05) is 0 Å². The molecule has 5 nitrogen and oxygen atoms in total. The van der Waals surface area contributed by atoms with Gasteiger partial charge in [-0.05, 0) is 27.2 Å². The summed E-state index contributed by atoms with van der Waals surface area (Å²) in [7, 11) is 0. The molecule has 1 heterocycles. The van der Waals surface area contributed by atoms with E-state index in [1.807, 2.05) is 20.8 Å². The summed E-state index contributed by atoms with van der Waals surface area (Å²) in [6.07, 6.45) is 0.577. The Bertz CT molecular complexity index is 248. The normalized spacial score (nSPS) is 25.8. The molecular formula is C11H22N2O3. The predicted octanol–water partition coefficient (Wildman–Crippen LogP) is 0.0355. The van der Waals surface area contributed by atoms with Crippen LogP contribution >= 0.6 is 0 Å². The summed E-state index contributed by atoms with van der Waals surface area (Å²) in [5.74, 6) is -0.155. The highest BCUT2D eigenvalue weighted by molar-refractivity contribution is 5.86. The van der Waals surface area contributed by atoms with Gasteiger partial charge in [-0.25, -0.2) is 0 Å². The van der Waals surface area contributed by atoms with Crippen molar-refractivity contribution in [1.29, 1.82) is 0 Å². The fourth-order valence-corrected chi connectivity index (χ4v) is 1.67. The quantitative estimate of drug-likeness (QED) is 0.699. The van der Waals surface area contributed by atoms with E-state index in [1.54, 1.807) is 0 Å². The van der Waals surface area contributed by atoms with Gasteiger partial charge in [-0.2, -0.15) is 0 Å². The van der Waals surface area contributed by atoms with Gasteiger partial charge in [0.25, 0.3) is 0 Å². The van der Waals surface area contributed by atoms with Crippen LogP contribution in [0.25, 0.3) is 0 Å². The van der Waals surface area contributed by atoms with Crippen LogP contribution in [0.2, 0.25) is 0 Å². The number of hydrogen-bond donors (Lipinski definition) is 2. The molecule has 94 valence electrons. The number of nitrogens with one attached hydrogen (secondary N) is 1. The average molecular weight is 230 g/mol. The fraction of sp³-hybridized carbons (Fsp3) is 0.909. The lowest BCUT2D eigenvalue weighted by atomic mass is 9.99. The smallest absolute Gasteiger partial charge is 0.242 e. The summed E-state index contributed by atoms with van der Waals surface area (Å²) in [5, 5.41) is 2.82. The van der Waals surface area contributed by atoms with Crippen LogP contribution in [0.5, 0.6) is 0 Å². The molecule has 1 atom stereocenters. The van der Waals surface area contributed by atoms with Crippen molar-refractivity contribution in [3.05, 3.63) is 0 Å². The summed E-state index contributed by atoms with van der Waals surface area (Å²) >= 11 is 0. The molecule has 1 aliphatic heterocycles. The largest absolute Gasteiger partial charge is 0.379 e. The van der Waals surface area contributed by atoms with Crippen molar-refractivity contribution < 1.29 is 14.3 Å². The first kappa shape index (κ1) is 13.4. The number of hydrogen-bond acceptors (Lipinski definition) is 4. The summed E-state index contributed by atoms with van der Waals surface area (Å²) in [5.41, 5.74) is 4.71. The Balaban J connectivity index is 2.40. The number of nitrogens with two attached hydrogens (primary N) is 1. The van der Waals surface area contributed by atoms with Gasteiger partial charge in [0.2, 0.25) is 5.91 Å². The molecule has 1 fully saturated rings. The lowest BCUT2D eigenvalue weighted by Crippen LogP contribution is -2.56. The van der Waals surface area contributed by atoms with E-state index >= 15 is 0 Å². The molecule has 0 saturated carbocycles. The Morgan fingerprint density at radius 2 is 2.31 bits per heavy atom. The van der Waals surface area contributed by atoms with Crippen molar-refractivity contribution in [3.8, 4) is 0 Å². The highest BCUT2D eigenvalue weighted by Gasteiger charge is 2.38. The zero-order valence-electron chi connectivity index (χ0n) is 10.3. The van der Waals surface area contributed by atoms with Gasteiger partial charge in [0.15, 0.2) is 0 Å². The second-order valence-electron chi connectivity index (χ2n) is 4.83. The summed E-state index contributed by atoms with van der Waals surface area (Å²) in [6.45, 7) is 7.74. The first-order chi connectivity index (χ1) is 7.40. The molecule has 0 aliphatic carbocycles. The Morgan fingerprint density at radius 1 is 1.62 bits per heavy atom. The molecule has 0 bridgehead atoms. The molecule has 0 aromatic carbocycles. The zero-order valence-corrected chi connectivity index (χ0v) is 10.3. The number of carbonyl (C=O) groups excluding carboxylic acids is 1. The third kappa shape index (κ3) is 3.43. The van der Waals surface area contributed by atoms with Crippen molar-refractivity contribution in [1.82, 2.24) is 5.32 Å². The molecule has 1 amide bonds. The highest BCUT2D eigenvalue weighted by Crippen LogP contribution is 2.16. The van der Waals surface area contributed by atoms with E-state index in [0.717, 1.165) is 0 Å². The van der Waals surface area contributed by atoms with Gasteiger partial charge in [-0.15, -0.1) is 0 Å². The lowest BCUT2D eigenvalue weighted by Gasteiger charge is -2.27.